The topological polar surface area (TPSA) is 12.0 Å². The summed E-state index contributed by atoms with van der Waals surface area (Å²) in [7, 11) is 0. The molecule has 1 N–H and O–H groups in total. The number of benzene rings is 1. The fourth-order valence-corrected chi connectivity index (χ4v) is 2.55. The van der Waals surface area contributed by atoms with E-state index in [0.717, 1.165) is 35.3 Å². The molecule has 108 valence electrons. The van der Waals surface area contributed by atoms with E-state index in [-0.39, 0.29) is 0 Å². The van der Waals surface area contributed by atoms with Crippen LogP contribution in [0.1, 0.15) is 39.7 Å². The molecule has 0 bridgehead atoms. The van der Waals surface area contributed by atoms with Crippen LogP contribution in [-0.4, -0.2) is 13.1 Å². The van der Waals surface area contributed by atoms with Crippen LogP contribution in [0.2, 0.25) is 0 Å². The van der Waals surface area contributed by atoms with E-state index >= 15 is 0 Å². The summed E-state index contributed by atoms with van der Waals surface area (Å²) in [5, 5.41) is 3.62. The molecule has 2 heteroatoms. The van der Waals surface area contributed by atoms with E-state index in [1.165, 1.54) is 18.4 Å². The maximum absolute atomic E-state index is 3.62. The number of nitrogens with one attached hydrogen (secondary N) is 1. The number of hydrogen-bond donors (Lipinski definition) is 1. The Hall–Kier alpha value is -0.340. The van der Waals surface area contributed by atoms with Gasteiger partial charge >= 0.3 is 0 Å². The molecular formula is C17H28BrN. The molecule has 0 amide bonds. The molecule has 2 atom stereocenters. The molecule has 0 fully saturated rings. The molecule has 0 heterocycles. The van der Waals surface area contributed by atoms with Crippen molar-refractivity contribution in [2.24, 2.45) is 17.8 Å². The Morgan fingerprint density at radius 2 is 1.68 bits per heavy atom. The molecule has 1 aromatic carbocycles. The molecule has 0 saturated carbocycles. The summed E-state index contributed by atoms with van der Waals surface area (Å²) >= 11 is 3.50. The average molecular weight is 326 g/mol. The lowest BCUT2D eigenvalue weighted by molar-refractivity contribution is 0.324. The molecule has 0 aromatic heterocycles. The zero-order chi connectivity index (χ0) is 14.3. The molecule has 0 spiro atoms. The third-order valence-corrected chi connectivity index (χ3v) is 4.35. The van der Waals surface area contributed by atoms with Crippen LogP contribution in [0, 0.1) is 17.8 Å². The first-order valence-electron chi connectivity index (χ1n) is 7.48. The molecule has 19 heavy (non-hydrogen) atoms. The van der Waals surface area contributed by atoms with Crippen LogP contribution in [0.3, 0.4) is 0 Å². The molecule has 1 nitrogen and oxygen atoms in total. The Morgan fingerprint density at radius 1 is 1.05 bits per heavy atom. The second kappa shape index (κ2) is 8.76. The number of rotatable bonds is 8. The molecule has 0 aliphatic rings. The van der Waals surface area contributed by atoms with Crippen LogP contribution in [0.25, 0.3) is 0 Å². The lowest BCUT2D eigenvalue weighted by Gasteiger charge is -2.24. The normalized spacial score (nSPS) is 14.6. The maximum atomic E-state index is 3.62. The van der Waals surface area contributed by atoms with Crippen molar-refractivity contribution in [2.45, 2.75) is 40.5 Å². The van der Waals surface area contributed by atoms with E-state index in [1.54, 1.807) is 0 Å². The SMILES string of the molecule is CCC(C)C(CNCC(C)C)Cc1ccc(Br)cc1. The second-order valence-corrected chi connectivity index (χ2v) is 6.94. The van der Waals surface area contributed by atoms with Crippen LogP contribution < -0.4 is 5.32 Å². The monoisotopic (exact) mass is 325 g/mol. The zero-order valence-electron chi connectivity index (χ0n) is 12.7. The fraction of sp³-hybridized carbons (Fsp3) is 0.647. The Bertz CT molecular complexity index is 345. The van der Waals surface area contributed by atoms with Crippen molar-refractivity contribution in [3.8, 4) is 0 Å². The van der Waals surface area contributed by atoms with Gasteiger partial charge in [-0.2, -0.15) is 0 Å². The predicted molar refractivity (Wildman–Crippen MR) is 88.5 cm³/mol. The van der Waals surface area contributed by atoms with Gasteiger partial charge in [0.2, 0.25) is 0 Å². The summed E-state index contributed by atoms with van der Waals surface area (Å²) in [5.74, 6) is 2.22. The summed E-state index contributed by atoms with van der Waals surface area (Å²) in [4.78, 5) is 0. The summed E-state index contributed by atoms with van der Waals surface area (Å²) in [6.07, 6.45) is 2.43. The molecule has 1 aromatic rings. The van der Waals surface area contributed by atoms with Gasteiger partial charge in [0.15, 0.2) is 0 Å². The fourth-order valence-electron chi connectivity index (χ4n) is 2.29. The maximum Gasteiger partial charge on any atom is 0.0175 e. The van der Waals surface area contributed by atoms with Crippen molar-refractivity contribution in [2.75, 3.05) is 13.1 Å². The third-order valence-electron chi connectivity index (χ3n) is 3.82. The van der Waals surface area contributed by atoms with Crippen molar-refractivity contribution in [3.63, 3.8) is 0 Å². The van der Waals surface area contributed by atoms with Gasteiger partial charge in [0.05, 0.1) is 0 Å². The highest BCUT2D eigenvalue weighted by Gasteiger charge is 2.16. The zero-order valence-corrected chi connectivity index (χ0v) is 14.3. The van der Waals surface area contributed by atoms with Gasteiger partial charge in [0, 0.05) is 4.47 Å². The van der Waals surface area contributed by atoms with Gasteiger partial charge in [0.1, 0.15) is 0 Å². The molecular weight excluding hydrogens is 298 g/mol. The highest BCUT2D eigenvalue weighted by molar-refractivity contribution is 9.10. The largest absolute Gasteiger partial charge is 0.316 e. The lowest BCUT2D eigenvalue weighted by Crippen LogP contribution is -2.31. The summed E-state index contributed by atoms with van der Waals surface area (Å²) < 4.78 is 1.16. The standard InChI is InChI=1S/C17H28BrN/c1-5-14(4)16(12-19-11-13(2)3)10-15-6-8-17(18)9-7-15/h6-9,13-14,16,19H,5,10-12H2,1-4H3. The van der Waals surface area contributed by atoms with E-state index in [4.69, 9.17) is 0 Å². The lowest BCUT2D eigenvalue weighted by atomic mass is 9.86. The Kier molecular flexibility index (Phi) is 7.70. The summed E-state index contributed by atoms with van der Waals surface area (Å²) in [6, 6.07) is 8.76. The van der Waals surface area contributed by atoms with Crippen molar-refractivity contribution in [1.29, 1.82) is 0 Å². The molecule has 0 saturated heterocycles. The molecule has 0 aliphatic carbocycles. The van der Waals surface area contributed by atoms with E-state index < -0.39 is 0 Å². The van der Waals surface area contributed by atoms with Crippen LogP contribution in [0.15, 0.2) is 28.7 Å². The van der Waals surface area contributed by atoms with Crippen molar-refractivity contribution < 1.29 is 0 Å². The van der Waals surface area contributed by atoms with Gasteiger partial charge in [-0.05, 0) is 55.0 Å². The number of hydrogen-bond acceptors (Lipinski definition) is 1. The molecule has 0 radical (unpaired) electrons. The molecule has 1 rings (SSSR count). The van der Waals surface area contributed by atoms with E-state index in [1.807, 2.05) is 0 Å². The van der Waals surface area contributed by atoms with Gasteiger partial charge in [-0.3, -0.25) is 0 Å². The first-order chi connectivity index (χ1) is 9.02. The van der Waals surface area contributed by atoms with Crippen LogP contribution in [0.5, 0.6) is 0 Å². The van der Waals surface area contributed by atoms with Crippen LogP contribution in [-0.2, 0) is 6.42 Å². The summed E-state index contributed by atoms with van der Waals surface area (Å²) in [5.41, 5.74) is 1.44. The highest BCUT2D eigenvalue weighted by Crippen LogP contribution is 2.21. The third kappa shape index (κ3) is 6.58. The minimum Gasteiger partial charge on any atom is -0.316 e. The second-order valence-electron chi connectivity index (χ2n) is 6.03. The van der Waals surface area contributed by atoms with Crippen molar-refractivity contribution in [1.82, 2.24) is 5.32 Å². The smallest absolute Gasteiger partial charge is 0.0175 e. The van der Waals surface area contributed by atoms with E-state index in [2.05, 4.69) is 73.2 Å². The first-order valence-corrected chi connectivity index (χ1v) is 8.27. The van der Waals surface area contributed by atoms with Crippen molar-refractivity contribution in [3.05, 3.63) is 34.3 Å². The van der Waals surface area contributed by atoms with E-state index in [0.29, 0.717) is 0 Å². The van der Waals surface area contributed by atoms with Gasteiger partial charge < -0.3 is 5.32 Å². The molecule has 0 aliphatic heterocycles. The van der Waals surface area contributed by atoms with Gasteiger partial charge in [-0.1, -0.05) is 62.2 Å². The number of halogens is 1. The van der Waals surface area contributed by atoms with Crippen LogP contribution >= 0.6 is 15.9 Å². The van der Waals surface area contributed by atoms with Gasteiger partial charge in [0.25, 0.3) is 0 Å². The summed E-state index contributed by atoms with van der Waals surface area (Å²) in [6.45, 7) is 11.4. The van der Waals surface area contributed by atoms with Gasteiger partial charge in [-0.25, -0.2) is 0 Å². The Morgan fingerprint density at radius 3 is 2.21 bits per heavy atom. The predicted octanol–water partition coefficient (Wildman–Crippen LogP) is 4.90. The minimum atomic E-state index is 0.727. The van der Waals surface area contributed by atoms with E-state index in [9.17, 15) is 0 Å². The minimum absolute atomic E-state index is 0.727. The Balaban J connectivity index is 2.56. The van der Waals surface area contributed by atoms with Crippen LogP contribution in [0.4, 0.5) is 0 Å². The quantitative estimate of drug-likeness (QED) is 0.716. The molecule has 2 unspecified atom stereocenters. The first kappa shape index (κ1) is 16.7. The van der Waals surface area contributed by atoms with Crippen molar-refractivity contribution >= 4 is 15.9 Å². The van der Waals surface area contributed by atoms with Gasteiger partial charge in [-0.15, -0.1) is 0 Å². The highest BCUT2D eigenvalue weighted by atomic mass is 79.9. The Labute approximate surface area is 127 Å². The average Bonchev–Trinajstić information content (AvgIpc) is 2.38.